The minimum atomic E-state index is 0.859. The van der Waals surface area contributed by atoms with Crippen molar-refractivity contribution in [1.29, 1.82) is 0 Å². The highest BCUT2D eigenvalue weighted by atomic mass is 32.2. The predicted octanol–water partition coefficient (Wildman–Crippen LogP) is 4.99. The summed E-state index contributed by atoms with van der Waals surface area (Å²) in [6, 6.07) is 10.9. The Morgan fingerprint density at radius 2 is 1.56 bits per heavy atom. The van der Waals surface area contributed by atoms with Gasteiger partial charge in [0.15, 0.2) is 0 Å². The first-order chi connectivity index (χ1) is 7.83. The van der Waals surface area contributed by atoms with E-state index in [9.17, 15) is 0 Å². The summed E-state index contributed by atoms with van der Waals surface area (Å²) >= 11 is 2.09. The molecule has 0 amide bonds. The lowest BCUT2D eigenvalue weighted by atomic mass is 9.92. The highest BCUT2D eigenvalue weighted by Gasteiger charge is 2.32. The summed E-state index contributed by atoms with van der Waals surface area (Å²) in [5, 5.41) is 0.859. The maximum atomic E-state index is 2.35. The van der Waals surface area contributed by atoms with E-state index in [1.54, 1.807) is 0 Å². The molecule has 1 fully saturated rings. The van der Waals surface area contributed by atoms with Gasteiger partial charge in [-0.2, -0.15) is 0 Å². The molecule has 1 aliphatic carbocycles. The van der Waals surface area contributed by atoms with Crippen LogP contribution in [0.4, 0.5) is 0 Å². The van der Waals surface area contributed by atoms with Crippen molar-refractivity contribution in [3.8, 4) is 0 Å². The summed E-state index contributed by atoms with van der Waals surface area (Å²) in [4.78, 5) is 1.44. The van der Waals surface area contributed by atoms with Gasteiger partial charge in [-0.25, -0.2) is 0 Å². The van der Waals surface area contributed by atoms with Gasteiger partial charge in [0.05, 0.1) is 0 Å². The standard InChI is InChI=1S/C15H22S/c1-3-12-10-15(11-13(12)4-2)16-14-8-6-5-7-9-14/h5-9,12-13,15H,3-4,10-11H2,1-2H3/t12-,13+,15-. The van der Waals surface area contributed by atoms with Gasteiger partial charge in [-0.1, -0.05) is 44.9 Å². The average Bonchev–Trinajstić information content (AvgIpc) is 2.72. The van der Waals surface area contributed by atoms with Crippen molar-refractivity contribution >= 4 is 11.8 Å². The Labute approximate surface area is 104 Å². The van der Waals surface area contributed by atoms with Gasteiger partial charge in [-0.3, -0.25) is 0 Å². The van der Waals surface area contributed by atoms with E-state index in [1.807, 2.05) is 0 Å². The second-order valence-electron chi connectivity index (χ2n) is 4.86. The third kappa shape index (κ3) is 2.82. The van der Waals surface area contributed by atoms with Gasteiger partial charge in [0.1, 0.15) is 0 Å². The molecule has 1 aromatic carbocycles. The molecule has 0 bridgehead atoms. The van der Waals surface area contributed by atoms with Gasteiger partial charge < -0.3 is 0 Å². The van der Waals surface area contributed by atoms with Crippen LogP contribution in [0.3, 0.4) is 0 Å². The monoisotopic (exact) mass is 234 g/mol. The molecule has 0 radical (unpaired) electrons. The van der Waals surface area contributed by atoms with E-state index in [4.69, 9.17) is 0 Å². The Morgan fingerprint density at radius 3 is 2.06 bits per heavy atom. The fourth-order valence-corrected chi connectivity index (χ4v) is 4.33. The van der Waals surface area contributed by atoms with Crippen LogP contribution >= 0.6 is 11.8 Å². The molecular weight excluding hydrogens is 212 g/mol. The molecule has 0 saturated heterocycles. The van der Waals surface area contributed by atoms with Crippen molar-refractivity contribution in [2.45, 2.75) is 49.7 Å². The molecule has 0 heterocycles. The number of hydrogen-bond acceptors (Lipinski definition) is 1. The summed E-state index contributed by atoms with van der Waals surface area (Å²) in [5.41, 5.74) is 0. The van der Waals surface area contributed by atoms with Crippen LogP contribution in [0.2, 0.25) is 0 Å². The lowest BCUT2D eigenvalue weighted by Gasteiger charge is -2.14. The van der Waals surface area contributed by atoms with E-state index < -0.39 is 0 Å². The SMILES string of the molecule is CC[C@@H]1C[C@@H](Sc2ccccc2)C[C@@H]1CC. The van der Waals surface area contributed by atoms with Crippen molar-refractivity contribution < 1.29 is 0 Å². The summed E-state index contributed by atoms with van der Waals surface area (Å²) in [5.74, 6) is 1.96. The van der Waals surface area contributed by atoms with Crippen LogP contribution < -0.4 is 0 Å². The van der Waals surface area contributed by atoms with Crippen molar-refractivity contribution in [2.24, 2.45) is 11.8 Å². The molecule has 1 aliphatic rings. The maximum Gasteiger partial charge on any atom is 0.00998 e. The third-order valence-corrected chi connectivity index (χ3v) is 5.16. The Bertz CT molecular complexity index is 294. The zero-order valence-electron chi connectivity index (χ0n) is 10.4. The lowest BCUT2D eigenvalue weighted by Crippen LogP contribution is -2.04. The largest absolute Gasteiger partial charge is 0.123 e. The van der Waals surface area contributed by atoms with Crippen molar-refractivity contribution in [1.82, 2.24) is 0 Å². The van der Waals surface area contributed by atoms with Gasteiger partial charge in [-0.15, -0.1) is 11.8 Å². The van der Waals surface area contributed by atoms with E-state index in [-0.39, 0.29) is 0 Å². The van der Waals surface area contributed by atoms with E-state index in [2.05, 4.69) is 55.9 Å². The van der Waals surface area contributed by atoms with Gasteiger partial charge in [0, 0.05) is 10.1 Å². The fraction of sp³-hybridized carbons (Fsp3) is 0.600. The van der Waals surface area contributed by atoms with Gasteiger partial charge in [-0.05, 0) is 36.8 Å². The normalized spacial score (nSPS) is 29.5. The van der Waals surface area contributed by atoms with Crippen LogP contribution in [-0.4, -0.2) is 5.25 Å². The molecule has 0 nitrogen and oxygen atoms in total. The van der Waals surface area contributed by atoms with Crippen molar-refractivity contribution in [3.63, 3.8) is 0 Å². The van der Waals surface area contributed by atoms with Crippen LogP contribution in [-0.2, 0) is 0 Å². The molecule has 16 heavy (non-hydrogen) atoms. The third-order valence-electron chi connectivity index (χ3n) is 3.89. The zero-order valence-corrected chi connectivity index (χ0v) is 11.2. The molecule has 88 valence electrons. The van der Waals surface area contributed by atoms with Crippen molar-refractivity contribution in [2.75, 3.05) is 0 Å². The first-order valence-corrected chi connectivity index (χ1v) is 7.43. The predicted molar refractivity (Wildman–Crippen MR) is 72.9 cm³/mol. The summed E-state index contributed by atoms with van der Waals surface area (Å²) in [7, 11) is 0. The quantitative estimate of drug-likeness (QED) is 0.707. The molecule has 0 aliphatic heterocycles. The molecule has 2 rings (SSSR count). The fourth-order valence-electron chi connectivity index (χ4n) is 2.94. The van der Waals surface area contributed by atoms with E-state index in [0.29, 0.717) is 0 Å². The van der Waals surface area contributed by atoms with Gasteiger partial charge in [0.2, 0.25) is 0 Å². The number of hydrogen-bond donors (Lipinski definition) is 0. The number of rotatable bonds is 4. The second-order valence-corrected chi connectivity index (χ2v) is 6.23. The summed E-state index contributed by atoms with van der Waals surface area (Å²) < 4.78 is 0. The zero-order chi connectivity index (χ0) is 11.4. The molecule has 1 aromatic rings. The van der Waals surface area contributed by atoms with Gasteiger partial charge in [0.25, 0.3) is 0 Å². The first kappa shape index (κ1) is 12.0. The molecule has 0 unspecified atom stereocenters. The molecule has 1 saturated carbocycles. The number of thioether (sulfide) groups is 1. The van der Waals surface area contributed by atoms with Gasteiger partial charge >= 0.3 is 0 Å². The van der Waals surface area contributed by atoms with E-state index in [0.717, 1.165) is 17.1 Å². The second kappa shape index (κ2) is 5.77. The Balaban J connectivity index is 1.93. The van der Waals surface area contributed by atoms with Crippen LogP contribution in [0.15, 0.2) is 35.2 Å². The van der Waals surface area contributed by atoms with Crippen LogP contribution in [0.1, 0.15) is 39.5 Å². The Hall–Kier alpha value is -0.430. The molecule has 3 atom stereocenters. The molecule has 0 N–H and O–H groups in total. The Kier molecular flexibility index (Phi) is 4.34. The highest BCUT2D eigenvalue weighted by Crippen LogP contribution is 2.43. The average molecular weight is 234 g/mol. The lowest BCUT2D eigenvalue weighted by molar-refractivity contribution is 0.367. The maximum absolute atomic E-state index is 2.35. The van der Waals surface area contributed by atoms with Crippen molar-refractivity contribution in [3.05, 3.63) is 30.3 Å². The molecular formula is C15H22S. The molecule has 0 spiro atoms. The Morgan fingerprint density at radius 1 is 1.00 bits per heavy atom. The molecule has 1 heteroatoms. The minimum absolute atomic E-state index is 0.859. The van der Waals surface area contributed by atoms with Crippen LogP contribution in [0.5, 0.6) is 0 Å². The molecule has 0 aromatic heterocycles. The summed E-state index contributed by atoms with van der Waals surface area (Å²) in [6.07, 6.45) is 5.58. The summed E-state index contributed by atoms with van der Waals surface area (Å²) in [6.45, 7) is 4.70. The van der Waals surface area contributed by atoms with E-state index >= 15 is 0 Å². The number of benzene rings is 1. The topological polar surface area (TPSA) is 0 Å². The van der Waals surface area contributed by atoms with Crippen LogP contribution in [0, 0.1) is 11.8 Å². The van der Waals surface area contributed by atoms with Crippen LogP contribution in [0.25, 0.3) is 0 Å². The highest BCUT2D eigenvalue weighted by molar-refractivity contribution is 8.00. The minimum Gasteiger partial charge on any atom is -0.123 e. The van der Waals surface area contributed by atoms with E-state index in [1.165, 1.54) is 30.6 Å². The first-order valence-electron chi connectivity index (χ1n) is 6.55. The smallest absolute Gasteiger partial charge is 0.00998 e.